The number of carbonyl (C=O) groups is 1. The second kappa shape index (κ2) is 6.64. The fraction of sp³-hybridized carbons (Fsp3) is 0.562. The van der Waals surface area contributed by atoms with Gasteiger partial charge in [0.05, 0.1) is 5.75 Å². The quantitative estimate of drug-likeness (QED) is 0.865. The third-order valence-electron chi connectivity index (χ3n) is 4.15. The van der Waals surface area contributed by atoms with Gasteiger partial charge in [0, 0.05) is 31.1 Å². The third-order valence-corrected chi connectivity index (χ3v) is 5.13. The molecule has 3 rings (SSSR count). The molecule has 1 N–H and O–H groups in total. The summed E-state index contributed by atoms with van der Waals surface area (Å²) >= 11 is 1.68. The Morgan fingerprint density at radius 2 is 1.90 bits per heavy atom. The molecule has 0 atom stereocenters. The number of piperazine rings is 1. The number of aryl methyl sites for hydroxylation is 2. The SMILES string of the molecule is O=C(CSc1ccc2c(c1)CCCC2)N1CCNCC1. The summed E-state index contributed by atoms with van der Waals surface area (Å²) in [7, 11) is 0. The molecule has 20 heavy (non-hydrogen) atoms. The fourth-order valence-corrected chi connectivity index (χ4v) is 3.81. The number of amides is 1. The van der Waals surface area contributed by atoms with Crippen molar-refractivity contribution in [1.82, 2.24) is 10.2 Å². The first-order chi connectivity index (χ1) is 9.83. The van der Waals surface area contributed by atoms with E-state index < -0.39 is 0 Å². The summed E-state index contributed by atoms with van der Waals surface area (Å²) in [5, 5.41) is 3.28. The maximum Gasteiger partial charge on any atom is 0.233 e. The van der Waals surface area contributed by atoms with E-state index in [-0.39, 0.29) is 5.91 Å². The van der Waals surface area contributed by atoms with E-state index in [2.05, 4.69) is 23.5 Å². The van der Waals surface area contributed by atoms with Crippen LogP contribution in [0, 0.1) is 0 Å². The predicted octanol–water partition coefficient (Wildman–Crippen LogP) is 2.09. The Balaban J connectivity index is 1.56. The van der Waals surface area contributed by atoms with Gasteiger partial charge in [-0.1, -0.05) is 6.07 Å². The second-order valence-corrected chi connectivity index (χ2v) is 6.61. The number of carbonyl (C=O) groups excluding carboxylic acids is 1. The normalized spacial score (nSPS) is 18.7. The number of hydrogen-bond donors (Lipinski definition) is 1. The van der Waals surface area contributed by atoms with Crippen LogP contribution in [0.15, 0.2) is 23.1 Å². The zero-order chi connectivity index (χ0) is 13.8. The first-order valence-corrected chi connectivity index (χ1v) is 8.54. The summed E-state index contributed by atoms with van der Waals surface area (Å²) in [5.41, 5.74) is 3.00. The van der Waals surface area contributed by atoms with Gasteiger partial charge in [0.1, 0.15) is 0 Å². The molecule has 1 aromatic carbocycles. The summed E-state index contributed by atoms with van der Waals surface area (Å²) in [6, 6.07) is 6.73. The van der Waals surface area contributed by atoms with Gasteiger partial charge in [-0.05, 0) is 48.9 Å². The molecule has 1 aliphatic carbocycles. The molecular formula is C16H22N2OS. The Labute approximate surface area is 125 Å². The van der Waals surface area contributed by atoms with Crippen LogP contribution in [0.1, 0.15) is 24.0 Å². The molecule has 2 aliphatic rings. The summed E-state index contributed by atoms with van der Waals surface area (Å²) in [4.78, 5) is 15.4. The fourth-order valence-electron chi connectivity index (χ4n) is 2.95. The van der Waals surface area contributed by atoms with Crippen LogP contribution in [0.3, 0.4) is 0 Å². The Kier molecular flexibility index (Phi) is 4.63. The summed E-state index contributed by atoms with van der Waals surface area (Å²) < 4.78 is 0. The zero-order valence-corrected chi connectivity index (χ0v) is 12.7. The minimum absolute atomic E-state index is 0.272. The standard InChI is InChI=1S/C16H22N2OS/c19-16(18-9-7-17-8-10-18)12-20-15-6-5-13-3-1-2-4-14(13)11-15/h5-6,11,17H,1-4,7-10,12H2. The highest BCUT2D eigenvalue weighted by molar-refractivity contribution is 8.00. The monoisotopic (exact) mass is 290 g/mol. The van der Waals surface area contributed by atoms with Crippen LogP contribution in [0.25, 0.3) is 0 Å². The zero-order valence-electron chi connectivity index (χ0n) is 11.9. The van der Waals surface area contributed by atoms with Crippen LogP contribution in [-0.4, -0.2) is 42.7 Å². The van der Waals surface area contributed by atoms with Gasteiger partial charge in [-0.25, -0.2) is 0 Å². The van der Waals surface area contributed by atoms with Crippen molar-refractivity contribution in [2.24, 2.45) is 0 Å². The molecule has 108 valence electrons. The van der Waals surface area contributed by atoms with E-state index >= 15 is 0 Å². The minimum Gasteiger partial charge on any atom is -0.339 e. The van der Waals surface area contributed by atoms with Gasteiger partial charge in [-0.15, -0.1) is 11.8 Å². The van der Waals surface area contributed by atoms with E-state index in [1.165, 1.54) is 41.7 Å². The number of thioether (sulfide) groups is 1. The minimum atomic E-state index is 0.272. The molecule has 0 aromatic heterocycles. The van der Waals surface area contributed by atoms with E-state index in [9.17, 15) is 4.79 Å². The predicted molar refractivity (Wildman–Crippen MR) is 83.3 cm³/mol. The first-order valence-electron chi connectivity index (χ1n) is 7.56. The van der Waals surface area contributed by atoms with Crippen LogP contribution < -0.4 is 5.32 Å². The lowest BCUT2D eigenvalue weighted by Gasteiger charge is -2.27. The van der Waals surface area contributed by atoms with Crippen molar-refractivity contribution in [3.8, 4) is 0 Å². The van der Waals surface area contributed by atoms with E-state index in [0.717, 1.165) is 26.2 Å². The molecule has 1 amide bonds. The first kappa shape index (κ1) is 14.0. The number of fused-ring (bicyclic) bond motifs is 1. The van der Waals surface area contributed by atoms with Gasteiger partial charge in [-0.2, -0.15) is 0 Å². The highest BCUT2D eigenvalue weighted by atomic mass is 32.2. The summed E-state index contributed by atoms with van der Waals surface area (Å²) in [6.45, 7) is 3.55. The molecular weight excluding hydrogens is 268 g/mol. The lowest BCUT2D eigenvalue weighted by molar-refractivity contribution is -0.128. The molecule has 0 saturated carbocycles. The van der Waals surface area contributed by atoms with Crippen LogP contribution in [0.4, 0.5) is 0 Å². The number of rotatable bonds is 3. The maximum absolute atomic E-state index is 12.1. The Hall–Kier alpha value is -1.00. The van der Waals surface area contributed by atoms with Crippen LogP contribution in [0.5, 0.6) is 0 Å². The van der Waals surface area contributed by atoms with Crippen molar-refractivity contribution in [2.75, 3.05) is 31.9 Å². The molecule has 3 nitrogen and oxygen atoms in total. The number of nitrogens with zero attached hydrogens (tertiary/aromatic N) is 1. The van der Waals surface area contributed by atoms with E-state index in [4.69, 9.17) is 0 Å². The molecule has 1 aliphatic heterocycles. The second-order valence-electron chi connectivity index (χ2n) is 5.56. The molecule has 1 saturated heterocycles. The molecule has 0 bridgehead atoms. The lowest BCUT2D eigenvalue weighted by Crippen LogP contribution is -2.47. The van der Waals surface area contributed by atoms with E-state index in [1.807, 2.05) is 4.90 Å². The number of hydrogen-bond acceptors (Lipinski definition) is 3. The maximum atomic E-state index is 12.1. The van der Waals surface area contributed by atoms with Gasteiger partial charge in [0.2, 0.25) is 5.91 Å². The largest absolute Gasteiger partial charge is 0.339 e. The summed E-state index contributed by atoms with van der Waals surface area (Å²) in [6.07, 6.45) is 5.05. The van der Waals surface area contributed by atoms with Gasteiger partial charge in [0.25, 0.3) is 0 Å². The molecule has 1 heterocycles. The van der Waals surface area contributed by atoms with Gasteiger partial charge in [-0.3, -0.25) is 4.79 Å². The smallest absolute Gasteiger partial charge is 0.233 e. The van der Waals surface area contributed by atoms with Gasteiger partial charge >= 0.3 is 0 Å². The highest BCUT2D eigenvalue weighted by Gasteiger charge is 2.16. The topological polar surface area (TPSA) is 32.3 Å². The highest BCUT2D eigenvalue weighted by Crippen LogP contribution is 2.27. The van der Waals surface area contributed by atoms with Crippen molar-refractivity contribution >= 4 is 17.7 Å². The molecule has 0 radical (unpaired) electrons. The number of benzene rings is 1. The van der Waals surface area contributed by atoms with E-state index in [0.29, 0.717) is 5.75 Å². The van der Waals surface area contributed by atoms with E-state index in [1.54, 1.807) is 11.8 Å². The number of nitrogens with one attached hydrogen (secondary N) is 1. The van der Waals surface area contributed by atoms with Crippen LogP contribution >= 0.6 is 11.8 Å². The molecule has 4 heteroatoms. The van der Waals surface area contributed by atoms with Gasteiger partial charge < -0.3 is 10.2 Å². The van der Waals surface area contributed by atoms with Crippen LogP contribution in [0.2, 0.25) is 0 Å². The molecule has 0 spiro atoms. The van der Waals surface area contributed by atoms with Crippen molar-refractivity contribution in [3.05, 3.63) is 29.3 Å². The Bertz CT molecular complexity index is 483. The summed E-state index contributed by atoms with van der Waals surface area (Å²) in [5.74, 6) is 0.841. The molecule has 0 unspecified atom stereocenters. The van der Waals surface area contributed by atoms with Crippen molar-refractivity contribution in [1.29, 1.82) is 0 Å². The average Bonchev–Trinajstić information content (AvgIpc) is 2.53. The Morgan fingerprint density at radius 1 is 1.15 bits per heavy atom. The lowest BCUT2D eigenvalue weighted by atomic mass is 9.92. The average molecular weight is 290 g/mol. The third kappa shape index (κ3) is 3.36. The van der Waals surface area contributed by atoms with Gasteiger partial charge in [0.15, 0.2) is 0 Å². The van der Waals surface area contributed by atoms with Crippen molar-refractivity contribution in [3.63, 3.8) is 0 Å². The van der Waals surface area contributed by atoms with Crippen LogP contribution in [-0.2, 0) is 17.6 Å². The molecule has 1 aromatic rings. The molecule has 1 fully saturated rings. The van der Waals surface area contributed by atoms with Crippen molar-refractivity contribution < 1.29 is 4.79 Å². The Morgan fingerprint density at radius 3 is 2.70 bits per heavy atom. The van der Waals surface area contributed by atoms with Crippen molar-refractivity contribution in [2.45, 2.75) is 30.6 Å².